The number of nitrogens with one attached hydrogen (secondary N) is 1. The largest absolute Gasteiger partial charge is 0.311 e. The molecule has 0 saturated carbocycles. The van der Waals surface area contributed by atoms with Gasteiger partial charge in [0.15, 0.2) is 0 Å². The molecule has 19 heavy (non-hydrogen) atoms. The van der Waals surface area contributed by atoms with Crippen molar-refractivity contribution in [1.82, 2.24) is 20.1 Å². The van der Waals surface area contributed by atoms with E-state index < -0.39 is 0 Å². The molecule has 0 aliphatic heterocycles. The van der Waals surface area contributed by atoms with E-state index in [1.165, 1.54) is 0 Å². The molecule has 0 spiro atoms. The minimum Gasteiger partial charge on any atom is -0.311 e. The first kappa shape index (κ1) is 14.3. The second kappa shape index (κ2) is 5.90. The van der Waals surface area contributed by atoms with Gasteiger partial charge < -0.3 is 5.32 Å². The molecular formula is C13H16Cl2N4. The summed E-state index contributed by atoms with van der Waals surface area (Å²) < 4.78 is 1.82. The summed E-state index contributed by atoms with van der Waals surface area (Å²) in [5, 5.41) is 8.92. The van der Waals surface area contributed by atoms with Crippen molar-refractivity contribution in [2.45, 2.75) is 19.4 Å². The number of nitrogens with zero attached hydrogens (tertiary/aromatic N) is 3. The molecule has 102 valence electrons. The zero-order chi connectivity index (χ0) is 14.0. The highest BCUT2D eigenvalue weighted by molar-refractivity contribution is 6.31. The van der Waals surface area contributed by atoms with Crippen LogP contribution in [0.15, 0.2) is 18.3 Å². The lowest BCUT2D eigenvalue weighted by molar-refractivity contribution is 0.549. The first-order valence-corrected chi connectivity index (χ1v) is 6.75. The van der Waals surface area contributed by atoms with Gasteiger partial charge in [0.1, 0.15) is 0 Å². The zero-order valence-corrected chi connectivity index (χ0v) is 12.6. The molecule has 0 saturated heterocycles. The van der Waals surface area contributed by atoms with Gasteiger partial charge in [0.05, 0.1) is 33.2 Å². The molecule has 0 fully saturated rings. The number of aryl methyl sites for hydroxylation is 2. The Bertz CT molecular complexity index is 563. The smallest absolute Gasteiger partial charge is 0.0847 e. The van der Waals surface area contributed by atoms with Crippen LogP contribution in [0.4, 0.5) is 0 Å². The van der Waals surface area contributed by atoms with E-state index in [0.717, 1.165) is 28.5 Å². The molecule has 6 heteroatoms. The van der Waals surface area contributed by atoms with Crippen molar-refractivity contribution in [2.24, 2.45) is 7.05 Å². The maximum absolute atomic E-state index is 6.28. The summed E-state index contributed by atoms with van der Waals surface area (Å²) in [7, 11) is 3.80. The predicted octanol–water partition coefficient (Wildman–Crippen LogP) is 2.93. The summed E-state index contributed by atoms with van der Waals surface area (Å²) in [6.07, 6.45) is 2.37. The Morgan fingerprint density at radius 1 is 1.37 bits per heavy atom. The third kappa shape index (κ3) is 3.08. The number of hydrogen-bond acceptors (Lipinski definition) is 3. The van der Waals surface area contributed by atoms with Crippen LogP contribution in [0.3, 0.4) is 0 Å². The Morgan fingerprint density at radius 2 is 2.11 bits per heavy atom. The molecule has 1 atom stereocenters. The van der Waals surface area contributed by atoms with Gasteiger partial charge in [0, 0.05) is 19.7 Å². The van der Waals surface area contributed by atoms with Crippen molar-refractivity contribution < 1.29 is 0 Å². The van der Waals surface area contributed by atoms with Gasteiger partial charge in [0.25, 0.3) is 0 Å². The van der Waals surface area contributed by atoms with E-state index in [2.05, 4.69) is 15.4 Å². The molecule has 0 aliphatic rings. The van der Waals surface area contributed by atoms with Crippen molar-refractivity contribution in [2.75, 3.05) is 7.05 Å². The van der Waals surface area contributed by atoms with Crippen molar-refractivity contribution in [3.05, 3.63) is 45.5 Å². The predicted molar refractivity (Wildman–Crippen MR) is 77.7 cm³/mol. The van der Waals surface area contributed by atoms with Gasteiger partial charge in [0.2, 0.25) is 0 Å². The number of rotatable bonds is 4. The van der Waals surface area contributed by atoms with E-state index in [9.17, 15) is 0 Å². The van der Waals surface area contributed by atoms with Gasteiger partial charge in [-0.2, -0.15) is 5.10 Å². The number of halogens is 2. The van der Waals surface area contributed by atoms with Gasteiger partial charge in [-0.05, 0) is 26.1 Å². The summed E-state index contributed by atoms with van der Waals surface area (Å²) in [6.45, 7) is 1.90. The summed E-state index contributed by atoms with van der Waals surface area (Å²) in [5.74, 6) is 0. The van der Waals surface area contributed by atoms with Crippen LogP contribution in [0.5, 0.6) is 0 Å². The topological polar surface area (TPSA) is 42.7 Å². The fourth-order valence-corrected chi connectivity index (χ4v) is 2.39. The minimum atomic E-state index is 0.0737. The summed E-state index contributed by atoms with van der Waals surface area (Å²) in [4.78, 5) is 4.34. The Labute approximate surface area is 122 Å². The molecule has 0 bridgehead atoms. The van der Waals surface area contributed by atoms with Crippen LogP contribution < -0.4 is 5.32 Å². The third-order valence-electron chi connectivity index (χ3n) is 3.11. The lowest BCUT2D eigenvalue weighted by Crippen LogP contribution is -2.21. The molecule has 0 aliphatic carbocycles. The first-order valence-electron chi connectivity index (χ1n) is 5.99. The number of pyridine rings is 1. The van der Waals surface area contributed by atoms with Gasteiger partial charge in [-0.25, -0.2) is 0 Å². The van der Waals surface area contributed by atoms with E-state index in [0.29, 0.717) is 5.02 Å². The van der Waals surface area contributed by atoms with Crippen LogP contribution in [-0.4, -0.2) is 21.8 Å². The molecule has 2 aromatic heterocycles. The van der Waals surface area contributed by atoms with E-state index in [4.69, 9.17) is 23.2 Å². The van der Waals surface area contributed by atoms with Crippen molar-refractivity contribution in [1.29, 1.82) is 0 Å². The van der Waals surface area contributed by atoms with E-state index in [1.807, 2.05) is 37.8 Å². The normalized spacial score (nSPS) is 12.7. The van der Waals surface area contributed by atoms with E-state index in [-0.39, 0.29) is 6.04 Å². The second-order valence-corrected chi connectivity index (χ2v) is 5.23. The van der Waals surface area contributed by atoms with Crippen LogP contribution in [0.1, 0.15) is 23.1 Å². The average molecular weight is 299 g/mol. The van der Waals surface area contributed by atoms with Crippen LogP contribution in [0.2, 0.25) is 10.0 Å². The van der Waals surface area contributed by atoms with Gasteiger partial charge in [-0.1, -0.05) is 23.2 Å². The fraction of sp³-hybridized carbons (Fsp3) is 0.385. The second-order valence-electron chi connectivity index (χ2n) is 4.42. The Balaban J connectivity index is 2.26. The van der Waals surface area contributed by atoms with Crippen LogP contribution in [0, 0.1) is 6.92 Å². The number of hydrogen-bond donors (Lipinski definition) is 1. The molecule has 2 heterocycles. The third-order valence-corrected chi connectivity index (χ3v) is 3.83. The molecule has 0 aromatic carbocycles. The summed E-state index contributed by atoms with van der Waals surface area (Å²) in [6, 6.07) is 3.83. The van der Waals surface area contributed by atoms with E-state index >= 15 is 0 Å². The van der Waals surface area contributed by atoms with Gasteiger partial charge in [-0.3, -0.25) is 9.67 Å². The standard InChI is InChI=1S/C13H16Cl2N4/c1-8-13(15)12(19(3)18-8)6-11(16-2)10-5-4-9(14)7-17-10/h4-5,7,11,16H,6H2,1-3H3. The first-order chi connectivity index (χ1) is 9.02. The molecule has 1 unspecified atom stereocenters. The van der Waals surface area contributed by atoms with Crippen LogP contribution in [0.25, 0.3) is 0 Å². The van der Waals surface area contributed by atoms with Crippen molar-refractivity contribution in [3.63, 3.8) is 0 Å². The molecule has 2 rings (SSSR count). The van der Waals surface area contributed by atoms with Crippen LogP contribution in [-0.2, 0) is 13.5 Å². The summed E-state index contributed by atoms with van der Waals surface area (Å²) in [5.41, 5.74) is 2.77. The molecule has 2 aromatic rings. The monoisotopic (exact) mass is 298 g/mol. The highest BCUT2D eigenvalue weighted by atomic mass is 35.5. The van der Waals surface area contributed by atoms with Gasteiger partial charge >= 0.3 is 0 Å². The number of aromatic nitrogens is 3. The average Bonchev–Trinajstić information content (AvgIpc) is 2.63. The Morgan fingerprint density at radius 3 is 2.58 bits per heavy atom. The maximum Gasteiger partial charge on any atom is 0.0847 e. The lowest BCUT2D eigenvalue weighted by atomic mass is 10.1. The highest BCUT2D eigenvalue weighted by Crippen LogP contribution is 2.25. The fourth-order valence-electron chi connectivity index (χ4n) is 2.04. The molecule has 0 amide bonds. The molecule has 4 nitrogen and oxygen atoms in total. The quantitative estimate of drug-likeness (QED) is 0.944. The van der Waals surface area contributed by atoms with Crippen molar-refractivity contribution in [3.8, 4) is 0 Å². The minimum absolute atomic E-state index is 0.0737. The van der Waals surface area contributed by atoms with E-state index in [1.54, 1.807) is 6.20 Å². The highest BCUT2D eigenvalue weighted by Gasteiger charge is 2.18. The zero-order valence-electron chi connectivity index (χ0n) is 11.1. The molecule has 1 N–H and O–H groups in total. The number of likely N-dealkylation sites (N-methyl/N-ethyl adjacent to an activating group) is 1. The van der Waals surface area contributed by atoms with Gasteiger partial charge in [-0.15, -0.1) is 0 Å². The molecule has 0 radical (unpaired) electrons. The Hall–Kier alpha value is -1.10. The SMILES string of the molecule is CNC(Cc1c(Cl)c(C)nn1C)c1ccc(Cl)cn1. The maximum atomic E-state index is 6.28. The van der Waals surface area contributed by atoms with Crippen molar-refractivity contribution >= 4 is 23.2 Å². The Kier molecular flexibility index (Phi) is 4.45. The lowest BCUT2D eigenvalue weighted by Gasteiger charge is -2.16. The molecular weight excluding hydrogens is 283 g/mol. The summed E-state index contributed by atoms with van der Waals surface area (Å²) >= 11 is 12.1. The van der Waals surface area contributed by atoms with Crippen LogP contribution >= 0.6 is 23.2 Å².